The maximum Gasteiger partial charge on any atom is 0.288 e. The first kappa shape index (κ1) is 11.9. The molecule has 6 heteroatoms. The molecule has 0 aliphatic heterocycles. The molecule has 0 spiro atoms. The van der Waals surface area contributed by atoms with E-state index in [4.69, 9.17) is 5.73 Å². The summed E-state index contributed by atoms with van der Waals surface area (Å²) in [6.45, 7) is 2.05. The Morgan fingerprint density at radius 2 is 2.18 bits per heavy atom. The van der Waals surface area contributed by atoms with Gasteiger partial charge in [-0.25, -0.2) is 0 Å². The highest BCUT2D eigenvalue weighted by atomic mass is 16.2. The second kappa shape index (κ2) is 5.16. The van der Waals surface area contributed by atoms with Crippen LogP contribution < -0.4 is 11.1 Å². The van der Waals surface area contributed by atoms with Crippen LogP contribution in [0, 0.1) is 5.92 Å². The van der Waals surface area contributed by atoms with Gasteiger partial charge in [0.15, 0.2) is 0 Å². The number of hydrogen-bond acceptors (Lipinski definition) is 4. The molecular weight excluding hydrogens is 218 g/mol. The molecule has 0 aromatic carbocycles. The van der Waals surface area contributed by atoms with E-state index >= 15 is 0 Å². The summed E-state index contributed by atoms with van der Waals surface area (Å²) in [6.07, 6.45) is 6.23. The summed E-state index contributed by atoms with van der Waals surface area (Å²) in [5.74, 6) is 0.630. The Hall–Kier alpha value is -1.59. The molecule has 0 bridgehead atoms. The lowest BCUT2D eigenvalue weighted by molar-refractivity contribution is 0.0909. The predicted octanol–water partition coefficient (Wildman–Crippen LogP) is 1.09. The molecule has 1 aliphatic rings. The van der Waals surface area contributed by atoms with Crippen LogP contribution in [0.25, 0.3) is 0 Å². The van der Waals surface area contributed by atoms with E-state index < -0.39 is 0 Å². The van der Waals surface area contributed by atoms with Gasteiger partial charge in [0.25, 0.3) is 5.91 Å². The number of rotatable bonds is 3. The number of nitrogens with two attached hydrogens (primary N) is 1. The highest BCUT2D eigenvalue weighted by Crippen LogP contribution is 2.26. The van der Waals surface area contributed by atoms with Crippen LogP contribution in [0.2, 0.25) is 0 Å². The molecule has 1 heterocycles. The summed E-state index contributed by atoms with van der Waals surface area (Å²) in [5.41, 5.74) is 5.36. The van der Waals surface area contributed by atoms with Crippen molar-refractivity contribution in [2.45, 2.75) is 45.1 Å². The fourth-order valence-corrected chi connectivity index (χ4v) is 2.40. The van der Waals surface area contributed by atoms with Gasteiger partial charge in [-0.15, -0.1) is 5.10 Å². The Morgan fingerprint density at radius 1 is 1.47 bits per heavy atom. The summed E-state index contributed by atoms with van der Waals surface area (Å²) in [7, 11) is 0. The highest BCUT2D eigenvalue weighted by molar-refractivity contribution is 5.90. The van der Waals surface area contributed by atoms with E-state index in [0.29, 0.717) is 5.92 Å². The molecule has 6 nitrogen and oxygen atoms in total. The van der Waals surface area contributed by atoms with Crippen LogP contribution in [0.15, 0.2) is 0 Å². The zero-order valence-corrected chi connectivity index (χ0v) is 10.1. The first-order valence-electron chi connectivity index (χ1n) is 6.15. The van der Waals surface area contributed by atoms with Crippen molar-refractivity contribution in [1.29, 1.82) is 0 Å². The van der Waals surface area contributed by atoms with E-state index in [1.165, 1.54) is 32.1 Å². The summed E-state index contributed by atoms with van der Waals surface area (Å²) in [5, 5.41) is 9.10. The van der Waals surface area contributed by atoms with E-state index in [2.05, 4.69) is 20.5 Å². The maximum absolute atomic E-state index is 11.8. The average Bonchev–Trinajstić information content (AvgIpc) is 2.77. The Labute approximate surface area is 100 Å². The largest absolute Gasteiger partial charge is 0.366 e. The number of nitrogens with zero attached hydrogens (tertiary/aromatic N) is 2. The molecule has 4 N–H and O–H groups in total. The zero-order valence-electron chi connectivity index (χ0n) is 10.1. The second-order valence-corrected chi connectivity index (χ2v) is 4.70. The second-order valence-electron chi connectivity index (χ2n) is 4.70. The minimum absolute atomic E-state index is 0.0977. The van der Waals surface area contributed by atoms with Crippen LogP contribution in [0.1, 0.15) is 49.6 Å². The summed E-state index contributed by atoms with van der Waals surface area (Å²) < 4.78 is 0. The molecule has 0 radical (unpaired) electrons. The number of hydrogen-bond donors (Lipinski definition) is 3. The Morgan fingerprint density at radius 3 is 2.76 bits per heavy atom. The summed E-state index contributed by atoms with van der Waals surface area (Å²) in [4.78, 5) is 15.6. The average molecular weight is 237 g/mol. The van der Waals surface area contributed by atoms with E-state index in [-0.39, 0.29) is 23.7 Å². The first-order chi connectivity index (χ1) is 8.16. The standard InChI is InChI=1S/C11H19N5O/c1-7(8-5-3-2-4-6-8)13-10(17)9-14-11(12)16-15-9/h7-8H,2-6H2,1H3,(H,13,17)(H3,12,14,15,16)/t7-/m0/s1. The van der Waals surface area contributed by atoms with Crippen molar-refractivity contribution < 1.29 is 4.79 Å². The van der Waals surface area contributed by atoms with Crippen LogP contribution in [0.5, 0.6) is 0 Å². The molecule has 0 unspecified atom stereocenters. The SMILES string of the molecule is C[C@H](NC(=O)c1nc(N)n[nH]1)C1CCCCC1. The van der Waals surface area contributed by atoms with Gasteiger partial charge in [-0.1, -0.05) is 19.3 Å². The zero-order chi connectivity index (χ0) is 12.3. The van der Waals surface area contributed by atoms with Crippen molar-refractivity contribution in [3.8, 4) is 0 Å². The van der Waals surface area contributed by atoms with Crippen molar-refractivity contribution in [3.63, 3.8) is 0 Å². The van der Waals surface area contributed by atoms with E-state index in [9.17, 15) is 4.79 Å². The van der Waals surface area contributed by atoms with Crippen LogP contribution in [0.3, 0.4) is 0 Å². The van der Waals surface area contributed by atoms with E-state index in [0.717, 1.165) is 0 Å². The number of carbonyl (C=O) groups excluding carboxylic acids is 1. The molecule has 94 valence electrons. The van der Waals surface area contributed by atoms with Crippen molar-refractivity contribution >= 4 is 11.9 Å². The first-order valence-corrected chi connectivity index (χ1v) is 6.15. The van der Waals surface area contributed by atoms with Gasteiger partial charge < -0.3 is 11.1 Å². The normalized spacial score (nSPS) is 18.9. The number of aromatic amines is 1. The molecule has 1 aromatic heterocycles. The van der Waals surface area contributed by atoms with Gasteiger partial charge in [0.05, 0.1) is 0 Å². The van der Waals surface area contributed by atoms with Crippen molar-refractivity contribution in [3.05, 3.63) is 5.82 Å². The lowest BCUT2D eigenvalue weighted by Gasteiger charge is -2.27. The highest BCUT2D eigenvalue weighted by Gasteiger charge is 2.22. The fraction of sp³-hybridized carbons (Fsp3) is 0.727. The Balaban J connectivity index is 1.89. The number of H-pyrrole nitrogens is 1. The number of nitrogen functional groups attached to an aromatic ring is 1. The van der Waals surface area contributed by atoms with Crippen LogP contribution in [-0.2, 0) is 0 Å². The third kappa shape index (κ3) is 2.95. The lowest BCUT2D eigenvalue weighted by Crippen LogP contribution is -2.39. The molecule has 1 fully saturated rings. The number of nitrogens with one attached hydrogen (secondary N) is 2. The monoisotopic (exact) mass is 237 g/mol. The smallest absolute Gasteiger partial charge is 0.288 e. The van der Waals surface area contributed by atoms with Gasteiger partial charge in [-0.05, 0) is 25.7 Å². The minimum Gasteiger partial charge on any atom is -0.366 e. The quantitative estimate of drug-likeness (QED) is 0.733. The molecular formula is C11H19N5O. The van der Waals surface area contributed by atoms with E-state index in [1.807, 2.05) is 6.92 Å². The molecule has 0 saturated heterocycles. The fourth-order valence-electron chi connectivity index (χ4n) is 2.40. The van der Waals surface area contributed by atoms with Crippen LogP contribution >= 0.6 is 0 Å². The Kier molecular flexibility index (Phi) is 3.61. The van der Waals surface area contributed by atoms with E-state index in [1.54, 1.807) is 0 Å². The molecule has 2 rings (SSSR count). The van der Waals surface area contributed by atoms with Gasteiger partial charge in [-0.3, -0.25) is 9.89 Å². The Bertz CT molecular complexity index is 383. The molecule has 1 aliphatic carbocycles. The van der Waals surface area contributed by atoms with Crippen molar-refractivity contribution in [1.82, 2.24) is 20.5 Å². The number of carbonyl (C=O) groups is 1. The van der Waals surface area contributed by atoms with Gasteiger partial charge in [0, 0.05) is 6.04 Å². The number of anilines is 1. The van der Waals surface area contributed by atoms with Crippen LogP contribution in [0.4, 0.5) is 5.95 Å². The van der Waals surface area contributed by atoms with Gasteiger partial charge in [-0.2, -0.15) is 4.98 Å². The number of amides is 1. The van der Waals surface area contributed by atoms with Gasteiger partial charge >= 0.3 is 0 Å². The minimum atomic E-state index is -0.229. The topological polar surface area (TPSA) is 96.7 Å². The molecule has 1 amide bonds. The van der Waals surface area contributed by atoms with Crippen molar-refractivity contribution in [2.24, 2.45) is 5.92 Å². The number of aromatic nitrogens is 3. The van der Waals surface area contributed by atoms with Gasteiger partial charge in [0.1, 0.15) is 0 Å². The molecule has 1 atom stereocenters. The third-order valence-electron chi connectivity index (χ3n) is 3.43. The van der Waals surface area contributed by atoms with Crippen molar-refractivity contribution in [2.75, 3.05) is 5.73 Å². The molecule has 1 saturated carbocycles. The lowest BCUT2D eigenvalue weighted by atomic mass is 9.84. The molecule has 17 heavy (non-hydrogen) atoms. The third-order valence-corrected chi connectivity index (χ3v) is 3.43. The maximum atomic E-state index is 11.8. The van der Waals surface area contributed by atoms with Gasteiger partial charge in [0.2, 0.25) is 11.8 Å². The van der Waals surface area contributed by atoms with Crippen LogP contribution in [-0.4, -0.2) is 27.1 Å². The molecule has 1 aromatic rings. The summed E-state index contributed by atoms with van der Waals surface area (Å²) >= 11 is 0. The predicted molar refractivity (Wildman–Crippen MR) is 64.3 cm³/mol. The summed E-state index contributed by atoms with van der Waals surface area (Å²) in [6, 6.07) is 0.175.